The number of nitrogens with one attached hydrogen (secondary N) is 1. The molecular formula is C12H14N2O5. The maximum Gasteiger partial charge on any atom is 0.337 e. The van der Waals surface area contributed by atoms with E-state index >= 15 is 0 Å². The molecule has 1 rings (SSSR count). The summed E-state index contributed by atoms with van der Waals surface area (Å²) in [6.07, 6.45) is 0. The van der Waals surface area contributed by atoms with E-state index in [0.29, 0.717) is 0 Å². The smallest absolute Gasteiger partial charge is 0.337 e. The zero-order valence-electron chi connectivity index (χ0n) is 10.2. The van der Waals surface area contributed by atoms with E-state index in [-0.39, 0.29) is 11.1 Å². The van der Waals surface area contributed by atoms with Crippen molar-refractivity contribution in [2.75, 3.05) is 6.54 Å². The van der Waals surface area contributed by atoms with Crippen molar-refractivity contribution in [1.82, 2.24) is 5.32 Å². The highest BCUT2D eigenvalue weighted by atomic mass is 16.4. The summed E-state index contributed by atoms with van der Waals surface area (Å²) in [4.78, 5) is 33.1. The predicted molar refractivity (Wildman–Crippen MR) is 65.6 cm³/mol. The van der Waals surface area contributed by atoms with Gasteiger partial charge in [0.05, 0.1) is 6.54 Å². The lowest BCUT2D eigenvalue weighted by Crippen LogP contribution is -2.46. The Morgan fingerprint density at radius 2 is 1.68 bits per heavy atom. The molecule has 102 valence electrons. The Labute approximate surface area is 109 Å². The van der Waals surface area contributed by atoms with Gasteiger partial charge in [0, 0.05) is 11.1 Å². The molecule has 19 heavy (non-hydrogen) atoms. The van der Waals surface area contributed by atoms with Crippen molar-refractivity contribution in [3.8, 4) is 0 Å². The van der Waals surface area contributed by atoms with Gasteiger partial charge in [-0.2, -0.15) is 0 Å². The second-order valence-corrected chi connectivity index (χ2v) is 4.20. The summed E-state index contributed by atoms with van der Waals surface area (Å²) in [7, 11) is 0. The van der Waals surface area contributed by atoms with Gasteiger partial charge in [-0.25, -0.2) is 4.79 Å². The third-order valence-corrected chi connectivity index (χ3v) is 2.49. The molecule has 1 unspecified atom stereocenters. The van der Waals surface area contributed by atoms with Gasteiger partial charge in [0.1, 0.15) is 0 Å². The average molecular weight is 266 g/mol. The van der Waals surface area contributed by atoms with Crippen LogP contribution in [0.25, 0.3) is 0 Å². The topological polar surface area (TPSA) is 130 Å². The highest BCUT2D eigenvalue weighted by Gasteiger charge is 2.30. The summed E-state index contributed by atoms with van der Waals surface area (Å²) in [5.41, 5.74) is 3.50. The number of carboxylic acids is 1. The van der Waals surface area contributed by atoms with Crippen molar-refractivity contribution in [3.05, 3.63) is 35.4 Å². The van der Waals surface area contributed by atoms with Crippen LogP contribution in [-0.4, -0.2) is 40.1 Å². The molecule has 0 saturated heterocycles. The normalized spacial score (nSPS) is 13.4. The van der Waals surface area contributed by atoms with E-state index in [9.17, 15) is 19.5 Å². The van der Waals surface area contributed by atoms with Gasteiger partial charge >= 0.3 is 5.97 Å². The van der Waals surface area contributed by atoms with Crippen molar-refractivity contribution in [1.29, 1.82) is 0 Å². The molecule has 0 heterocycles. The van der Waals surface area contributed by atoms with E-state index in [0.717, 1.165) is 6.92 Å². The summed E-state index contributed by atoms with van der Waals surface area (Å²) in [6, 6.07) is 5.52. The van der Waals surface area contributed by atoms with Gasteiger partial charge in [-0.05, 0) is 31.2 Å². The number of primary amides is 1. The molecule has 7 nitrogen and oxygen atoms in total. The van der Waals surface area contributed by atoms with Crippen molar-refractivity contribution in [2.45, 2.75) is 12.5 Å². The van der Waals surface area contributed by atoms with Gasteiger partial charge in [0.2, 0.25) is 5.91 Å². The molecule has 1 atom stereocenters. The molecule has 0 bridgehead atoms. The maximum atomic E-state index is 11.7. The van der Waals surface area contributed by atoms with Crippen LogP contribution in [0.15, 0.2) is 24.3 Å². The van der Waals surface area contributed by atoms with Crippen LogP contribution >= 0.6 is 0 Å². The van der Waals surface area contributed by atoms with E-state index < -0.39 is 29.9 Å². The summed E-state index contributed by atoms with van der Waals surface area (Å²) >= 11 is 0. The first-order valence-corrected chi connectivity index (χ1v) is 5.38. The lowest BCUT2D eigenvalue weighted by atomic mass is 10.1. The van der Waals surface area contributed by atoms with Gasteiger partial charge in [-0.1, -0.05) is 0 Å². The van der Waals surface area contributed by atoms with Gasteiger partial charge in [0.15, 0.2) is 5.60 Å². The van der Waals surface area contributed by atoms with Gasteiger partial charge in [-0.15, -0.1) is 0 Å². The highest BCUT2D eigenvalue weighted by Crippen LogP contribution is 2.05. The van der Waals surface area contributed by atoms with Crippen molar-refractivity contribution < 1.29 is 24.6 Å². The third-order valence-electron chi connectivity index (χ3n) is 2.49. The van der Waals surface area contributed by atoms with Gasteiger partial charge < -0.3 is 21.3 Å². The minimum Gasteiger partial charge on any atom is -0.479 e. The molecule has 0 spiro atoms. The lowest BCUT2D eigenvalue weighted by molar-refractivity contribution is -0.155. The molecule has 0 aromatic heterocycles. The molecule has 0 aliphatic carbocycles. The van der Waals surface area contributed by atoms with Crippen LogP contribution in [-0.2, 0) is 4.79 Å². The van der Waals surface area contributed by atoms with Crippen LogP contribution in [0.2, 0.25) is 0 Å². The average Bonchev–Trinajstić information content (AvgIpc) is 2.36. The first kappa shape index (κ1) is 14.7. The van der Waals surface area contributed by atoms with E-state index in [1.807, 2.05) is 0 Å². The number of carboxylic acid groups (broad SMARTS) is 1. The van der Waals surface area contributed by atoms with Crippen LogP contribution in [0.3, 0.4) is 0 Å². The molecule has 0 saturated carbocycles. The van der Waals surface area contributed by atoms with Gasteiger partial charge in [-0.3, -0.25) is 9.59 Å². The predicted octanol–water partition coefficient (Wildman–Crippen LogP) is -0.649. The summed E-state index contributed by atoms with van der Waals surface area (Å²) in [5.74, 6) is -2.60. The summed E-state index contributed by atoms with van der Waals surface area (Å²) in [5, 5.41) is 20.4. The number of amides is 2. The fourth-order valence-electron chi connectivity index (χ4n) is 1.22. The number of aliphatic carboxylic acids is 1. The Morgan fingerprint density at radius 1 is 1.21 bits per heavy atom. The van der Waals surface area contributed by atoms with Gasteiger partial charge in [0.25, 0.3) is 5.91 Å². The molecule has 1 aromatic rings. The van der Waals surface area contributed by atoms with Crippen molar-refractivity contribution >= 4 is 17.8 Å². The molecule has 7 heteroatoms. The number of benzene rings is 1. The van der Waals surface area contributed by atoms with E-state index in [2.05, 4.69) is 5.32 Å². The molecule has 2 amide bonds. The Bertz CT molecular complexity index is 507. The second-order valence-electron chi connectivity index (χ2n) is 4.20. The minimum atomic E-state index is -2.04. The highest BCUT2D eigenvalue weighted by molar-refractivity contribution is 5.97. The summed E-state index contributed by atoms with van der Waals surface area (Å²) < 4.78 is 0. The Kier molecular flexibility index (Phi) is 4.23. The van der Waals surface area contributed by atoms with Crippen LogP contribution in [0.1, 0.15) is 27.6 Å². The number of rotatable bonds is 5. The standard InChI is InChI=1S/C12H14N2O5/c1-12(19,11(17)18)6-14-10(16)8-4-2-7(3-5-8)9(13)15/h2-5,19H,6H2,1H3,(H2,13,15)(H,14,16)(H,17,18). The van der Waals surface area contributed by atoms with Crippen LogP contribution < -0.4 is 11.1 Å². The Hall–Kier alpha value is -2.41. The van der Waals surface area contributed by atoms with Crippen LogP contribution in [0.5, 0.6) is 0 Å². The van der Waals surface area contributed by atoms with E-state index in [1.165, 1.54) is 24.3 Å². The third kappa shape index (κ3) is 3.78. The summed E-state index contributed by atoms with van der Waals surface area (Å²) in [6.45, 7) is 0.643. The first-order chi connectivity index (χ1) is 8.74. The molecule has 1 aromatic carbocycles. The molecule has 0 aliphatic rings. The van der Waals surface area contributed by atoms with Crippen molar-refractivity contribution in [2.24, 2.45) is 5.73 Å². The lowest BCUT2D eigenvalue weighted by Gasteiger charge is -2.18. The second kappa shape index (κ2) is 5.49. The van der Waals surface area contributed by atoms with E-state index in [1.54, 1.807) is 0 Å². The number of carbonyl (C=O) groups is 3. The minimum absolute atomic E-state index is 0.228. The van der Waals surface area contributed by atoms with E-state index in [4.69, 9.17) is 10.8 Å². The number of hydrogen-bond acceptors (Lipinski definition) is 4. The molecular weight excluding hydrogens is 252 g/mol. The zero-order chi connectivity index (χ0) is 14.6. The fourth-order valence-corrected chi connectivity index (χ4v) is 1.22. The van der Waals surface area contributed by atoms with Crippen LogP contribution in [0.4, 0.5) is 0 Å². The monoisotopic (exact) mass is 266 g/mol. The maximum absolute atomic E-state index is 11.7. The first-order valence-electron chi connectivity index (χ1n) is 5.38. The Balaban J connectivity index is 2.69. The quantitative estimate of drug-likeness (QED) is 0.562. The number of carbonyl (C=O) groups excluding carboxylic acids is 2. The number of nitrogens with two attached hydrogens (primary N) is 1. The largest absolute Gasteiger partial charge is 0.479 e. The fraction of sp³-hybridized carbons (Fsp3) is 0.250. The number of aliphatic hydroxyl groups is 1. The SMILES string of the molecule is CC(O)(CNC(=O)c1ccc(C(N)=O)cc1)C(=O)O. The Morgan fingerprint density at radius 3 is 2.11 bits per heavy atom. The molecule has 0 fully saturated rings. The van der Waals surface area contributed by atoms with Crippen molar-refractivity contribution in [3.63, 3.8) is 0 Å². The number of hydrogen-bond donors (Lipinski definition) is 4. The molecule has 5 N–H and O–H groups in total. The molecule has 0 radical (unpaired) electrons. The molecule has 0 aliphatic heterocycles. The zero-order valence-corrected chi connectivity index (χ0v) is 10.2. The van der Waals surface area contributed by atoms with Crippen LogP contribution in [0, 0.1) is 0 Å².